The van der Waals surface area contributed by atoms with Crippen molar-refractivity contribution in [3.63, 3.8) is 0 Å². The van der Waals surface area contributed by atoms with Crippen molar-refractivity contribution >= 4 is 0 Å². The Morgan fingerprint density at radius 1 is 0.550 bits per heavy atom. The van der Waals surface area contributed by atoms with Gasteiger partial charge in [-0.05, 0) is 53.1 Å². The van der Waals surface area contributed by atoms with Gasteiger partial charge < -0.3 is 50.3 Å². The van der Waals surface area contributed by atoms with Gasteiger partial charge in [0.05, 0.1) is 6.10 Å². The van der Waals surface area contributed by atoms with Gasteiger partial charge in [0.15, 0.2) is 29.1 Å². The Bertz CT molecular complexity index is 1620. The summed E-state index contributed by atoms with van der Waals surface area (Å²) in [5, 5.41) is 83.0. The maximum Gasteiger partial charge on any atom is 0.157 e. The predicted octanol–water partition coefficient (Wildman–Crippen LogP) is 3.58. The van der Waals surface area contributed by atoms with E-state index in [1.807, 2.05) is 0 Å². The number of benzene rings is 4. The average molecular weight is 547 g/mol. The number of ether oxygens (including phenoxy) is 2. The van der Waals surface area contributed by atoms with Gasteiger partial charge in [-0.3, -0.25) is 0 Å². The average Bonchev–Trinajstić information content (AvgIpc) is 2.91. The molecule has 0 saturated carbocycles. The molecule has 6 rings (SSSR count). The van der Waals surface area contributed by atoms with Gasteiger partial charge >= 0.3 is 0 Å². The van der Waals surface area contributed by atoms with E-state index in [0.29, 0.717) is 33.6 Å². The van der Waals surface area contributed by atoms with E-state index >= 15 is 0 Å². The van der Waals surface area contributed by atoms with Crippen molar-refractivity contribution in [1.29, 1.82) is 0 Å². The lowest BCUT2D eigenvalue weighted by molar-refractivity contribution is 0.00730. The molecule has 0 aliphatic carbocycles. The molecule has 5 atom stereocenters. The number of aliphatic hydroxyl groups is 2. The first-order chi connectivity index (χ1) is 19.1. The molecule has 4 aromatic carbocycles. The van der Waals surface area contributed by atoms with Crippen LogP contribution in [-0.2, 0) is 6.42 Å². The minimum Gasteiger partial charge on any atom is -0.508 e. The first-order valence-electron chi connectivity index (χ1n) is 12.5. The molecule has 0 spiro atoms. The maximum atomic E-state index is 11.6. The van der Waals surface area contributed by atoms with Gasteiger partial charge in [0, 0.05) is 35.6 Å². The molecule has 2 aliphatic heterocycles. The maximum absolute atomic E-state index is 11.6. The number of aromatic hydroxyl groups is 6. The molecule has 10 heteroatoms. The third-order valence-electron chi connectivity index (χ3n) is 7.47. The Labute approximate surface area is 227 Å². The van der Waals surface area contributed by atoms with Crippen LogP contribution in [0.1, 0.15) is 45.9 Å². The molecule has 0 amide bonds. The Morgan fingerprint density at radius 3 is 1.82 bits per heavy atom. The van der Waals surface area contributed by atoms with Crippen molar-refractivity contribution in [2.24, 2.45) is 0 Å². The van der Waals surface area contributed by atoms with E-state index in [2.05, 4.69) is 0 Å². The fraction of sp³-hybridized carbons (Fsp3) is 0.200. The molecular weight excluding hydrogens is 520 g/mol. The highest BCUT2D eigenvalue weighted by Gasteiger charge is 2.42. The van der Waals surface area contributed by atoms with Gasteiger partial charge in [-0.15, -0.1) is 0 Å². The van der Waals surface area contributed by atoms with Crippen molar-refractivity contribution in [2.75, 3.05) is 0 Å². The van der Waals surface area contributed by atoms with Crippen LogP contribution in [0.3, 0.4) is 0 Å². The normalized spacial score (nSPS) is 23.4. The molecule has 10 nitrogen and oxygen atoms in total. The van der Waals surface area contributed by atoms with Crippen LogP contribution in [0, 0.1) is 0 Å². The summed E-state index contributed by atoms with van der Waals surface area (Å²) in [6, 6.07) is 15.6. The molecule has 4 aromatic rings. The summed E-state index contributed by atoms with van der Waals surface area (Å²) in [7, 11) is 0. The zero-order chi connectivity index (χ0) is 28.3. The first kappa shape index (κ1) is 25.5. The highest BCUT2D eigenvalue weighted by molar-refractivity contribution is 5.57. The monoisotopic (exact) mass is 546 g/mol. The van der Waals surface area contributed by atoms with Crippen LogP contribution in [0.5, 0.6) is 46.0 Å². The standard InChI is InChI=1S/C30H26O10/c31-16-3-4-17-26(11-16)40-30(14-2-6-20(33)23(36)9-14)28(38)27(17)18-7-15-10-24(37)29(39-25(15)12-21(18)34)13-1-5-19(32)22(35)8-13/h1-9,11-12,24,27-38H,10H2/t24-,27+,28-,29+,30+/m0/s1. The summed E-state index contributed by atoms with van der Waals surface area (Å²) in [6.45, 7) is 0. The van der Waals surface area contributed by atoms with E-state index in [1.165, 1.54) is 54.6 Å². The number of phenolic OH excluding ortho intramolecular Hbond substituents is 6. The van der Waals surface area contributed by atoms with Crippen molar-refractivity contribution in [1.82, 2.24) is 0 Å². The van der Waals surface area contributed by atoms with Crippen LogP contribution < -0.4 is 9.47 Å². The second-order valence-corrected chi connectivity index (χ2v) is 10.1. The van der Waals surface area contributed by atoms with Crippen LogP contribution in [-0.4, -0.2) is 53.1 Å². The first-order valence-corrected chi connectivity index (χ1v) is 12.5. The molecule has 0 aromatic heterocycles. The minimum atomic E-state index is -1.27. The lowest BCUT2D eigenvalue weighted by atomic mass is 9.78. The SMILES string of the molecule is Oc1ccc2c(c1)O[C@H](c1ccc(O)c(O)c1)[C@@H](O)[C@H]2c1cc2c(cc1O)O[C@H](c1ccc(O)c(O)c1)[C@@H](O)C2. The number of hydrogen-bond donors (Lipinski definition) is 8. The topological polar surface area (TPSA) is 180 Å². The molecule has 0 bridgehead atoms. The lowest BCUT2D eigenvalue weighted by Crippen LogP contribution is -2.35. The van der Waals surface area contributed by atoms with Gasteiger partial charge in [0.2, 0.25) is 0 Å². The van der Waals surface area contributed by atoms with Gasteiger partial charge in [-0.2, -0.15) is 0 Å². The second kappa shape index (κ2) is 9.44. The van der Waals surface area contributed by atoms with E-state index in [0.717, 1.165) is 0 Å². The van der Waals surface area contributed by atoms with E-state index < -0.39 is 36.1 Å². The molecule has 206 valence electrons. The fourth-order valence-corrected chi connectivity index (χ4v) is 5.49. The zero-order valence-corrected chi connectivity index (χ0v) is 20.8. The molecular formula is C30H26O10. The number of aliphatic hydroxyl groups excluding tert-OH is 2. The van der Waals surface area contributed by atoms with Gasteiger partial charge in [0.25, 0.3) is 0 Å². The largest absolute Gasteiger partial charge is 0.508 e. The second-order valence-electron chi connectivity index (χ2n) is 10.1. The van der Waals surface area contributed by atoms with Crippen LogP contribution in [0.2, 0.25) is 0 Å². The van der Waals surface area contributed by atoms with Gasteiger partial charge in [-0.25, -0.2) is 0 Å². The highest BCUT2D eigenvalue weighted by Crippen LogP contribution is 2.51. The molecule has 8 N–H and O–H groups in total. The van der Waals surface area contributed by atoms with Crippen molar-refractivity contribution < 1.29 is 50.3 Å². The quantitative estimate of drug-likeness (QED) is 0.177. The van der Waals surface area contributed by atoms with Gasteiger partial charge in [0.1, 0.15) is 35.2 Å². The van der Waals surface area contributed by atoms with E-state index in [4.69, 9.17) is 9.47 Å². The number of fused-ring (bicyclic) bond motifs is 2. The number of phenols is 6. The van der Waals surface area contributed by atoms with Crippen molar-refractivity contribution in [3.8, 4) is 46.0 Å². The molecule has 40 heavy (non-hydrogen) atoms. The van der Waals surface area contributed by atoms with Gasteiger partial charge in [-0.1, -0.05) is 18.2 Å². The van der Waals surface area contributed by atoms with E-state index in [1.54, 1.807) is 12.1 Å². The summed E-state index contributed by atoms with van der Waals surface area (Å²) < 4.78 is 12.0. The minimum absolute atomic E-state index is 0.0707. The highest BCUT2D eigenvalue weighted by atomic mass is 16.5. The van der Waals surface area contributed by atoms with Crippen molar-refractivity contribution in [2.45, 2.75) is 36.8 Å². The summed E-state index contributed by atoms with van der Waals surface area (Å²) in [6.07, 6.45) is -4.06. The summed E-state index contributed by atoms with van der Waals surface area (Å²) in [5.41, 5.74) is 2.18. The number of hydrogen-bond acceptors (Lipinski definition) is 10. The van der Waals surface area contributed by atoms with Crippen LogP contribution in [0.25, 0.3) is 0 Å². The van der Waals surface area contributed by atoms with Crippen LogP contribution >= 0.6 is 0 Å². The Morgan fingerprint density at radius 2 is 1.18 bits per heavy atom. The Kier molecular flexibility index (Phi) is 6.01. The molecule has 2 aliphatic rings. The molecule has 2 heterocycles. The molecule has 0 unspecified atom stereocenters. The van der Waals surface area contributed by atoms with E-state index in [-0.39, 0.29) is 40.9 Å². The lowest BCUT2D eigenvalue weighted by Gasteiger charge is -2.38. The third-order valence-corrected chi connectivity index (χ3v) is 7.47. The van der Waals surface area contributed by atoms with Crippen LogP contribution in [0.15, 0.2) is 66.7 Å². The molecule has 0 radical (unpaired) electrons. The number of rotatable bonds is 3. The fourth-order valence-electron chi connectivity index (χ4n) is 5.49. The Hall–Kier alpha value is -4.80. The third kappa shape index (κ3) is 4.23. The summed E-state index contributed by atoms with van der Waals surface area (Å²) >= 11 is 0. The summed E-state index contributed by atoms with van der Waals surface area (Å²) in [4.78, 5) is 0. The van der Waals surface area contributed by atoms with Crippen LogP contribution in [0.4, 0.5) is 0 Å². The summed E-state index contributed by atoms with van der Waals surface area (Å²) in [5.74, 6) is -1.95. The molecule has 0 saturated heterocycles. The van der Waals surface area contributed by atoms with E-state index in [9.17, 15) is 40.9 Å². The predicted molar refractivity (Wildman–Crippen MR) is 140 cm³/mol. The van der Waals surface area contributed by atoms with Crippen molar-refractivity contribution in [3.05, 3.63) is 94.5 Å². The molecule has 0 fully saturated rings. The smallest absolute Gasteiger partial charge is 0.157 e. The zero-order valence-electron chi connectivity index (χ0n) is 20.8. The Balaban J connectivity index is 1.41.